The maximum Gasteiger partial charge on any atom is 0.242 e. The SMILES string of the molecule is CC1c2ccsc2CCN1C(=O)CCc1nc2cc(S(=O)(=O)N(C)C)ccc2n1C. The molecule has 0 N–H and O–H groups in total. The fourth-order valence-corrected chi connectivity index (χ4v) is 5.92. The first kappa shape index (κ1) is 21.0. The number of aromatic nitrogens is 2. The molecule has 0 spiro atoms. The lowest BCUT2D eigenvalue weighted by Crippen LogP contribution is -2.38. The maximum atomic E-state index is 12.9. The normalized spacial score (nSPS) is 17.0. The van der Waals surface area contributed by atoms with Crippen LogP contribution in [0.1, 0.15) is 35.7 Å². The summed E-state index contributed by atoms with van der Waals surface area (Å²) in [5.41, 5.74) is 2.73. The van der Waals surface area contributed by atoms with E-state index in [1.165, 1.54) is 28.8 Å². The van der Waals surface area contributed by atoms with Gasteiger partial charge in [0, 0.05) is 45.4 Å². The molecule has 0 bridgehead atoms. The Morgan fingerprint density at radius 3 is 2.80 bits per heavy atom. The third-order valence-corrected chi connectivity index (χ3v) is 8.69. The zero-order valence-corrected chi connectivity index (χ0v) is 19.3. The van der Waals surface area contributed by atoms with Crippen molar-refractivity contribution in [3.8, 4) is 0 Å². The predicted octanol–water partition coefficient (Wildman–Crippen LogP) is 2.96. The molecule has 1 unspecified atom stereocenters. The maximum absolute atomic E-state index is 12.9. The average molecular weight is 447 g/mol. The number of aryl methyl sites for hydroxylation is 2. The van der Waals surface area contributed by atoms with Crippen LogP contribution < -0.4 is 0 Å². The van der Waals surface area contributed by atoms with Crippen LogP contribution in [0.25, 0.3) is 11.0 Å². The predicted molar refractivity (Wildman–Crippen MR) is 118 cm³/mol. The summed E-state index contributed by atoms with van der Waals surface area (Å²) in [4.78, 5) is 21.1. The van der Waals surface area contributed by atoms with Crippen LogP contribution >= 0.6 is 11.3 Å². The zero-order chi connectivity index (χ0) is 21.6. The molecule has 30 heavy (non-hydrogen) atoms. The molecule has 3 aromatic rings. The zero-order valence-electron chi connectivity index (χ0n) is 17.6. The third kappa shape index (κ3) is 3.55. The van der Waals surface area contributed by atoms with Crippen LogP contribution in [0, 0.1) is 0 Å². The smallest absolute Gasteiger partial charge is 0.242 e. The molecule has 0 saturated carbocycles. The van der Waals surface area contributed by atoms with Crippen molar-refractivity contribution in [2.45, 2.75) is 37.1 Å². The van der Waals surface area contributed by atoms with Gasteiger partial charge in [0.05, 0.1) is 22.0 Å². The first-order chi connectivity index (χ1) is 14.2. The van der Waals surface area contributed by atoms with E-state index in [-0.39, 0.29) is 16.8 Å². The lowest BCUT2D eigenvalue weighted by Gasteiger charge is -2.33. The van der Waals surface area contributed by atoms with Gasteiger partial charge in [-0.15, -0.1) is 11.3 Å². The summed E-state index contributed by atoms with van der Waals surface area (Å²) in [6.07, 6.45) is 1.81. The fraction of sp³-hybridized carbons (Fsp3) is 0.429. The summed E-state index contributed by atoms with van der Waals surface area (Å²) in [5, 5.41) is 2.10. The molecule has 1 amide bonds. The van der Waals surface area contributed by atoms with Crippen molar-refractivity contribution < 1.29 is 13.2 Å². The van der Waals surface area contributed by atoms with Crippen LogP contribution in [0.4, 0.5) is 0 Å². The highest BCUT2D eigenvalue weighted by molar-refractivity contribution is 7.89. The van der Waals surface area contributed by atoms with Crippen molar-refractivity contribution in [3.63, 3.8) is 0 Å². The molecule has 160 valence electrons. The molecule has 1 aliphatic heterocycles. The molecular weight excluding hydrogens is 420 g/mol. The van der Waals surface area contributed by atoms with E-state index in [9.17, 15) is 13.2 Å². The molecule has 3 heterocycles. The Labute approximate surface area is 181 Å². The monoisotopic (exact) mass is 446 g/mol. The Morgan fingerprint density at radius 2 is 2.07 bits per heavy atom. The lowest BCUT2D eigenvalue weighted by molar-refractivity contribution is -0.133. The fourth-order valence-electron chi connectivity index (χ4n) is 4.04. The van der Waals surface area contributed by atoms with Crippen LogP contribution in [0.15, 0.2) is 34.5 Å². The minimum Gasteiger partial charge on any atom is -0.336 e. The second-order valence-electron chi connectivity index (χ2n) is 7.84. The molecule has 1 aliphatic rings. The standard InChI is InChI=1S/C21H26N4O3S2/c1-14-16-10-12-29-19(16)9-11-25(14)21(26)8-7-20-22-17-13-15(30(27,28)23(2)3)5-6-18(17)24(20)4/h5-6,10,12-14H,7-9,11H2,1-4H3. The summed E-state index contributed by atoms with van der Waals surface area (Å²) < 4.78 is 27.9. The summed E-state index contributed by atoms with van der Waals surface area (Å²) >= 11 is 1.76. The number of nitrogens with zero attached hydrogens (tertiary/aromatic N) is 4. The molecule has 1 aromatic carbocycles. The van der Waals surface area contributed by atoms with Gasteiger partial charge in [-0.1, -0.05) is 0 Å². The summed E-state index contributed by atoms with van der Waals surface area (Å²) in [6, 6.07) is 7.19. The number of hydrogen-bond acceptors (Lipinski definition) is 5. The number of carbonyl (C=O) groups excluding carboxylic acids is 1. The number of benzene rings is 1. The van der Waals surface area contributed by atoms with Gasteiger partial charge in [-0.25, -0.2) is 17.7 Å². The van der Waals surface area contributed by atoms with Crippen molar-refractivity contribution in [2.24, 2.45) is 7.05 Å². The number of fused-ring (bicyclic) bond motifs is 2. The van der Waals surface area contributed by atoms with Crippen LogP contribution in [0.5, 0.6) is 0 Å². The van der Waals surface area contributed by atoms with Gasteiger partial charge < -0.3 is 9.47 Å². The summed E-state index contributed by atoms with van der Waals surface area (Å²) in [5.74, 6) is 0.904. The van der Waals surface area contributed by atoms with Crippen LogP contribution in [0.3, 0.4) is 0 Å². The molecule has 0 radical (unpaired) electrons. The van der Waals surface area contributed by atoms with E-state index in [0.717, 1.165) is 24.3 Å². The first-order valence-corrected chi connectivity index (χ1v) is 12.3. The van der Waals surface area contributed by atoms with Gasteiger partial charge in [-0.3, -0.25) is 4.79 Å². The highest BCUT2D eigenvalue weighted by Crippen LogP contribution is 2.33. The number of rotatable bonds is 5. The van der Waals surface area contributed by atoms with Crippen LogP contribution in [-0.2, 0) is 34.7 Å². The van der Waals surface area contributed by atoms with Crippen LogP contribution in [0.2, 0.25) is 0 Å². The van der Waals surface area contributed by atoms with E-state index in [1.807, 2.05) is 16.5 Å². The molecule has 0 saturated heterocycles. The Bertz CT molecular complexity index is 1210. The molecule has 2 aromatic heterocycles. The van der Waals surface area contributed by atoms with Crippen LogP contribution in [-0.4, -0.2) is 53.7 Å². The number of amides is 1. The molecule has 1 atom stereocenters. The average Bonchev–Trinajstić information content (AvgIpc) is 3.31. The first-order valence-electron chi connectivity index (χ1n) is 9.93. The van der Waals surface area contributed by atoms with E-state index in [2.05, 4.69) is 23.4 Å². The number of thiophene rings is 1. The number of carbonyl (C=O) groups is 1. The van der Waals surface area contributed by atoms with Gasteiger partial charge in [-0.2, -0.15) is 0 Å². The largest absolute Gasteiger partial charge is 0.336 e. The second-order valence-corrected chi connectivity index (χ2v) is 11.0. The number of hydrogen-bond donors (Lipinski definition) is 0. The van der Waals surface area contributed by atoms with Gasteiger partial charge in [0.25, 0.3) is 0 Å². The minimum atomic E-state index is -3.51. The molecule has 4 rings (SSSR count). The van der Waals surface area contributed by atoms with Gasteiger partial charge in [0.1, 0.15) is 5.82 Å². The minimum absolute atomic E-state index is 0.103. The van der Waals surface area contributed by atoms with Gasteiger partial charge in [-0.05, 0) is 48.6 Å². The quantitative estimate of drug-likeness (QED) is 0.604. The molecule has 0 aliphatic carbocycles. The van der Waals surface area contributed by atoms with Crippen molar-refractivity contribution in [2.75, 3.05) is 20.6 Å². The van der Waals surface area contributed by atoms with E-state index in [0.29, 0.717) is 18.4 Å². The molecular formula is C21H26N4O3S2. The topological polar surface area (TPSA) is 75.5 Å². The van der Waals surface area contributed by atoms with E-state index < -0.39 is 10.0 Å². The second kappa shape index (κ2) is 7.79. The van der Waals surface area contributed by atoms with E-state index in [1.54, 1.807) is 29.5 Å². The summed E-state index contributed by atoms with van der Waals surface area (Å²) in [7, 11) is 1.40. The van der Waals surface area contributed by atoms with Crippen molar-refractivity contribution >= 4 is 38.3 Å². The van der Waals surface area contributed by atoms with Gasteiger partial charge >= 0.3 is 0 Å². The number of imidazole rings is 1. The van der Waals surface area contributed by atoms with Gasteiger partial charge in [0.15, 0.2) is 0 Å². The number of sulfonamides is 1. The highest BCUT2D eigenvalue weighted by Gasteiger charge is 2.28. The Morgan fingerprint density at radius 1 is 1.30 bits per heavy atom. The summed E-state index contributed by atoms with van der Waals surface area (Å²) in [6.45, 7) is 2.84. The Hall–Kier alpha value is -2.23. The molecule has 0 fully saturated rings. The lowest BCUT2D eigenvalue weighted by atomic mass is 10.0. The highest BCUT2D eigenvalue weighted by atomic mass is 32.2. The van der Waals surface area contributed by atoms with Crippen molar-refractivity contribution in [3.05, 3.63) is 45.9 Å². The molecule has 9 heteroatoms. The molecule has 7 nitrogen and oxygen atoms in total. The van der Waals surface area contributed by atoms with E-state index >= 15 is 0 Å². The van der Waals surface area contributed by atoms with E-state index in [4.69, 9.17) is 0 Å². The van der Waals surface area contributed by atoms with Crippen molar-refractivity contribution in [1.29, 1.82) is 0 Å². The third-order valence-electron chi connectivity index (χ3n) is 5.88. The van der Waals surface area contributed by atoms with Gasteiger partial charge in [0.2, 0.25) is 15.9 Å². The van der Waals surface area contributed by atoms with Crippen molar-refractivity contribution in [1.82, 2.24) is 18.8 Å². The Balaban J connectivity index is 1.52. The Kier molecular flexibility index (Phi) is 5.46.